The molecule has 0 aromatic carbocycles. The lowest BCUT2D eigenvalue weighted by Crippen LogP contribution is -2.28. The fourth-order valence-corrected chi connectivity index (χ4v) is 7.12. The second kappa shape index (κ2) is 51.4. The number of allylic oxidation sites excluding steroid dienone is 14. The summed E-state index contributed by atoms with van der Waals surface area (Å²) in [6.07, 6.45) is 71.1. The molecule has 0 aromatic heterocycles. The molecule has 0 radical (unpaired) electrons. The Bertz CT molecular complexity index is 1140. The first-order valence-electron chi connectivity index (χ1n) is 25.6. The lowest BCUT2D eigenvalue weighted by Gasteiger charge is -2.15. The molecular formula is C56H96O5. The number of esters is 2. The molecule has 350 valence electrons. The maximum absolute atomic E-state index is 12.3. The SMILES string of the molecule is CC/C=C\C/C=C\C/C=C\C/C=C\C/C=C\C/C=C\C/C=C\CCCCCCCCCCCCCC(=O)OC(CO)COC(=O)CCCCCCCCCCCCCCCC. The quantitative estimate of drug-likeness (QED) is 0.0375. The van der Waals surface area contributed by atoms with Gasteiger partial charge in [0.25, 0.3) is 0 Å². The number of unbranched alkanes of at least 4 members (excludes halogenated alkanes) is 24. The molecule has 5 heteroatoms. The second-order valence-corrected chi connectivity index (χ2v) is 16.9. The predicted octanol–water partition coefficient (Wildman–Crippen LogP) is 17.0. The van der Waals surface area contributed by atoms with Crippen LogP contribution in [0.4, 0.5) is 0 Å². The van der Waals surface area contributed by atoms with Gasteiger partial charge in [0.2, 0.25) is 0 Å². The Morgan fingerprint density at radius 3 is 1.07 bits per heavy atom. The van der Waals surface area contributed by atoms with E-state index in [4.69, 9.17) is 9.47 Å². The number of ether oxygens (including phenoxy) is 2. The van der Waals surface area contributed by atoms with Gasteiger partial charge in [-0.2, -0.15) is 0 Å². The number of carbonyl (C=O) groups is 2. The van der Waals surface area contributed by atoms with Crippen LogP contribution >= 0.6 is 0 Å². The maximum atomic E-state index is 12.3. The van der Waals surface area contributed by atoms with Gasteiger partial charge in [0.05, 0.1) is 6.61 Å². The fraction of sp³-hybridized carbons (Fsp3) is 0.714. The Hall–Kier alpha value is -2.92. The molecule has 0 fully saturated rings. The highest BCUT2D eigenvalue weighted by atomic mass is 16.6. The van der Waals surface area contributed by atoms with E-state index < -0.39 is 6.10 Å². The van der Waals surface area contributed by atoms with Crippen molar-refractivity contribution in [3.8, 4) is 0 Å². The van der Waals surface area contributed by atoms with Crippen LogP contribution in [0.15, 0.2) is 85.1 Å². The number of aliphatic hydroxyl groups is 1. The van der Waals surface area contributed by atoms with E-state index in [2.05, 4.69) is 98.9 Å². The highest BCUT2D eigenvalue weighted by molar-refractivity contribution is 5.70. The van der Waals surface area contributed by atoms with Crippen molar-refractivity contribution in [2.24, 2.45) is 0 Å². The first-order valence-corrected chi connectivity index (χ1v) is 25.6. The first-order chi connectivity index (χ1) is 30.1. The van der Waals surface area contributed by atoms with Crippen molar-refractivity contribution < 1.29 is 24.2 Å². The van der Waals surface area contributed by atoms with E-state index in [0.717, 1.165) is 83.5 Å². The van der Waals surface area contributed by atoms with E-state index in [1.165, 1.54) is 128 Å². The lowest BCUT2D eigenvalue weighted by molar-refractivity contribution is -0.161. The van der Waals surface area contributed by atoms with Crippen molar-refractivity contribution in [2.45, 2.75) is 245 Å². The molecule has 1 N–H and O–H groups in total. The van der Waals surface area contributed by atoms with Crippen LogP contribution in [0.25, 0.3) is 0 Å². The van der Waals surface area contributed by atoms with E-state index in [1.807, 2.05) is 0 Å². The average Bonchev–Trinajstić information content (AvgIpc) is 3.26. The largest absolute Gasteiger partial charge is 0.462 e. The van der Waals surface area contributed by atoms with Crippen LogP contribution in [0.1, 0.15) is 239 Å². The third-order valence-corrected chi connectivity index (χ3v) is 11.0. The van der Waals surface area contributed by atoms with Crippen molar-refractivity contribution in [1.29, 1.82) is 0 Å². The van der Waals surface area contributed by atoms with Gasteiger partial charge in [-0.15, -0.1) is 0 Å². The summed E-state index contributed by atoms with van der Waals surface area (Å²) >= 11 is 0. The third kappa shape index (κ3) is 49.6. The first kappa shape index (κ1) is 58.1. The van der Waals surface area contributed by atoms with Crippen LogP contribution in [0.2, 0.25) is 0 Å². The molecule has 61 heavy (non-hydrogen) atoms. The van der Waals surface area contributed by atoms with Crippen molar-refractivity contribution in [3.05, 3.63) is 85.1 Å². The molecule has 5 nitrogen and oxygen atoms in total. The number of aliphatic hydroxyl groups excluding tert-OH is 1. The Balaban J connectivity index is 3.53. The zero-order valence-electron chi connectivity index (χ0n) is 39.9. The highest BCUT2D eigenvalue weighted by Gasteiger charge is 2.16. The van der Waals surface area contributed by atoms with Gasteiger partial charge in [0, 0.05) is 12.8 Å². The van der Waals surface area contributed by atoms with Crippen molar-refractivity contribution in [3.63, 3.8) is 0 Å². The van der Waals surface area contributed by atoms with Crippen LogP contribution < -0.4 is 0 Å². The predicted molar refractivity (Wildman–Crippen MR) is 265 cm³/mol. The summed E-state index contributed by atoms with van der Waals surface area (Å²) in [4.78, 5) is 24.4. The van der Waals surface area contributed by atoms with E-state index in [0.29, 0.717) is 12.8 Å². The summed E-state index contributed by atoms with van der Waals surface area (Å²) in [6, 6.07) is 0. The minimum absolute atomic E-state index is 0.0670. The minimum Gasteiger partial charge on any atom is -0.462 e. The Labute approximate surface area is 377 Å². The van der Waals surface area contributed by atoms with Gasteiger partial charge in [-0.05, 0) is 70.6 Å². The van der Waals surface area contributed by atoms with Gasteiger partial charge in [-0.1, -0.05) is 240 Å². The number of hydrogen-bond donors (Lipinski definition) is 1. The smallest absolute Gasteiger partial charge is 0.306 e. The van der Waals surface area contributed by atoms with E-state index in [-0.39, 0.29) is 25.2 Å². The number of hydrogen-bond acceptors (Lipinski definition) is 5. The number of rotatable bonds is 46. The van der Waals surface area contributed by atoms with Gasteiger partial charge < -0.3 is 14.6 Å². The van der Waals surface area contributed by atoms with E-state index in [1.54, 1.807) is 0 Å². The molecule has 0 amide bonds. The number of carbonyl (C=O) groups excluding carboxylic acids is 2. The zero-order valence-corrected chi connectivity index (χ0v) is 39.9. The van der Waals surface area contributed by atoms with Gasteiger partial charge in [-0.25, -0.2) is 0 Å². The lowest BCUT2D eigenvalue weighted by atomic mass is 10.0. The fourth-order valence-electron chi connectivity index (χ4n) is 7.12. The van der Waals surface area contributed by atoms with Gasteiger partial charge in [0.15, 0.2) is 6.10 Å². The van der Waals surface area contributed by atoms with Gasteiger partial charge >= 0.3 is 11.9 Å². The molecule has 0 rings (SSSR count). The molecule has 0 aliphatic heterocycles. The molecule has 0 spiro atoms. The van der Waals surface area contributed by atoms with Crippen LogP contribution in [-0.2, 0) is 19.1 Å². The topological polar surface area (TPSA) is 72.8 Å². The molecule has 0 aliphatic rings. The summed E-state index contributed by atoms with van der Waals surface area (Å²) in [7, 11) is 0. The molecule has 0 saturated carbocycles. The van der Waals surface area contributed by atoms with Crippen molar-refractivity contribution in [2.75, 3.05) is 13.2 Å². The zero-order chi connectivity index (χ0) is 44.2. The molecule has 0 aromatic rings. The third-order valence-electron chi connectivity index (χ3n) is 11.0. The van der Waals surface area contributed by atoms with Gasteiger partial charge in [-0.3, -0.25) is 9.59 Å². The molecule has 0 heterocycles. The average molecular weight is 849 g/mol. The summed E-state index contributed by atoms with van der Waals surface area (Å²) < 4.78 is 10.7. The van der Waals surface area contributed by atoms with Crippen molar-refractivity contribution in [1.82, 2.24) is 0 Å². The van der Waals surface area contributed by atoms with Crippen LogP contribution in [0, 0.1) is 0 Å². The second-order valence-electron chi connectivity index (χ2n) is 16.9. The van der Waals surface area contributed by atoms with E-state index >= 15 is 0 Å². The molecule has 0 saturated heterocycles. The maximum Gasteiger partial charge on any atom is 0.306 e. The summed E-state index contributed by atoms with van der Waals surface area (Å²) in [5.74, 6) is -0.590. The van der Waals surface area contributed by atoms with Gasteiger partial charge in [0.1, 0.15) is 6.61 Å². The van der Waals surface area contributed by atoms with Crippen molar-refractivity contribution >= 4 is 11.9 Å². The summed E-state index contributed by atoms with van der Waals surface area (Å²) in [5, 5.41) is 9.61. The van der Waals surface area contributed by atoms with E-state index in [9.17, 15) is 14.7 Å². The molecule has 0 bridgehead atoms. The highest BCUT2D eigenvalue weighted by Crippen LogP contribution is 2.15. The molecule has 1 atom stereocenters. The van der Waals surface area contributed by atoms with Crippen LogP contribution in [0.5, 0.6) is 0 Å². The van der Waals surface area contributed by atoms with Crippen LogP contribution in [-0.4, -0.2) is 36.4 Å². The Morgan fingerprint density at radius 2 is 0.705 bits per heavy atom. The molecular weight excluding hydrogens is 753 g/mol. The summed E-state index contributed by atoms with van der Waals surface area (Å²) in [6.45, 7) is 4.03. The standard InChI is InChI=1S/C56H96O5/c1-3-5-7-9-11-13-15-17-19-20-21-22-23-24-25-26-27-28-29-30-31-32-33-34-35-36-37-39-41-43-45-47-49-51-56(59)61-54(52-57)53-60-55(58)50-48-46-44-42-40-38-18-16-14-12-10-8-6-4-2/h5,7,11,13,17,19,21-22,24-25,27-28,30-31,54,57H,3-4,6,8-10,12,14-16,18,20,23,26,29,32-53H2,1-2H3/b7-5-,13-11-,19-17-,22-21-,25-24-,28-27-,31-30-. The normalized spacial score (nSPS) is 12.9. The monoisotopic (exact) mass is 849 g/mol. The Morgan fingerprint density at radius 1 is 0.393 bits per heavy atom. The summed E-state index contributed by atoms with van der Waals surface area (Å²) in [5.41, 5.74) is 0. The Kier molecular flexibility index (Phi) is 49.0. The molecule has 1 unspecified atom stereocenters. The minimum atomic E-state index is -0.775. The van der Waals surface area contributed by atoms with Crippen LogP contribution in [0.3, 0.4) is 0 Å². The molecule has 0 aliphatic carbocycles.